The largest absolute Gasteiger partial charge is 0.457 e. The number of fused-ring (bicyclic) bond motifs is 2. The second-order valence-corrected chi connectivity index (χ2v) is 10.4. The zero-order valence-electron chi connectivity index (χ0n) is 22.9. The summed E-state index contributed by atoms with van der Waals surface area (Å²) in [5.41, 5.74) is 0.880. The third-order valence-corrected chi connectivity index (χ3v) is 8.03. The van der Waals surface area contributed by atoms with Crippen LogP contribution in [0.25, 0.3) is 0 Å². The van der Waals surface area contributed by atoms with Crippen molar-refractivity contribution in [2.75, 3.05) is 21.3 Å². The van der Waals surface area contributed by atoms with Crippen molar-refractivity contribution in [3.05, 3.63) is 48.0 Å². The first kappa shape index (κ1) is 29.7. The van der Waals surface area contributed by atoms with E-state index in [0.717, 1.165) is 24.8 Å². The van der Waals surface area contributed by atoms with Gasteiger partial charge in [0.25, 0.3) is 0 Å². The third-order valence-electron chi connectivity index (χ3n) is 8.03. The lowest BCUT2D eigenvalue weighted by molar-refractivity contribution is -0.360. The molecule has 2 bridgehead atoms. The van der Waals surface area contributed by atoms with Crippen LogP contribution in [0, 0.1) is 17.8 Å². The lowest BCUT2D eigenvalue weighted by atomic mass is 9.78. The van der Waals surface area contributed by atoms with Crippen molar-refractivity contribution in [1.82, 2.24) is 0 Å². The van der Waals surface area contributed by atoms with E-state index in [-0.39, 0.29) is 24.0 Å². The molecule has 208 valence electrons. The molecule has 2 N–H and O–H groups in total. The van der Waals surface area contributed by atoms with Crippen molar-refractivity contribution in [3.63, 3.8) is 0 Å². The van der Waals surface area contributed by atoms with Crippen LogP contribution in [0.2, 0.25) is 0 Å². The monoisotopic (exact) mass is 520 g/mol. The highest BCUT2D eigenvalue weighted by atomic mass is 16.7. The van der Waals surface area contributed by atoms with Crippen LogP contribution in [0.4, 0.5) is 0 Å². The van der Waals surface area contributed by atoms with Crippen molar-refractivity contribution in [1.29, 1.82) is 0 Å². The fourth-order valence-electron chi connectivity index (χ4n) is 5.56. The van der Waals surface area contributed by atoms with E-state index >= 15 is 0 Å². The summed E-state index contributed by atoms with van der Waals surface area (Å²) in [5, 5.41) is 22.9. The lowest BCUT2D eigenvalue weighted by Gasteiger charge is -2.51. The first-order valence-electron chi connectivity index (χ1n) is 13.3. The summed E-state index contributed by atoms with van der Waals surface area (Å²) in [6.07, 6.45) is 3.29. The van der Waals surface area contributed by atoms with E-state index in [4.69, 9.17) is 23.7 Å². The fraction of sp³-hybridized carbons (Fsp3) is 0.690. The zero-order valence-corrected chi connectivity index (χ0v) is 22.9. The molecular weight excluding hydrogens is 476 g/mol. The van der Waals surface area contributed by atoms with Gasteiger partial charge in [0.05, 0.1) is 18.3 Å². The Balaban J connectivity index is 2.01. The van der Waals surface area contributed by atoms with Crippen LogP contribution in [0.3, 0.4) is 0 Å². The second kappa shape index (κ2) is 13.3. The number of cyclic esters (lactones) is 1. The molecule has 0 spiro atoms. The molecule has 0 aliphatic carbocycles. The number of hydrogen-bond acceptors (Lipinski definition) is 8. The van der Waals surface area contributed by atoms with Gasteiger partial charge in [-0.15, -0.1) is 0 Å². The van der Waals surface area contributed by atoms with Gasteiger partial charge < -0.3 is 33.9 Å². The molecule has 10 atom stereocenters. The summed E-state index contributed by atoms with van der Waals surface area (Å²) in [6.45, 7) is 5.36. The highest BCUT2D eigenvalue weighted by molar-refractivity contribution is 5.73. The van der Waals surface area contributed by atoms with Gasteiger partial charge in [0, 0.05) is 33.2 Å². The molecule has 1 aromatic rings. The summed E-state index contributed by atoms with van der Waals surface area (Å²) in [6, 6.07) is 9.58. The maximum atomic E-state index is 13.5. The molecule has 0 unspecified atom stereocenters. The van der Waals surface area contributed by atoms with Crippen molar-refractivity contribution in [2.45, 2.75) is 88.9 Å². The average molecular weight is 521 g/mol. The molecule has 1 fully saturated rings. The van der Waals surface area contributed by atoms with E-state index in [1.165, 1.54) is 7.11 Å². The Morgan fingerprint density at radius 2 is 1.62 bits per heavy atom. The average Bonchev–Trinajstić information content (AvgIpc) is 2.90. The van der Waals surface area contributed by atoms with Gasteiger partial charge >= 0.3 is 5.97 Å². The third kappa shape index (κ3) is 6.61. The van der Waals surface area contributed by atoms with Crippen LogP contribution < -0.4 is 0 Å². The minimum atomic E-state index is -2.08. The van der Waals surface area contributed by atoms with Gasteiger partial charge in [-0.3, -0.25) is 4.79 Å². The predicted octanol–water partition coefficient (Wildman–Crippen LogP) is 3.80. The van der Waals surface area contributed by atoms with E-state index in [0.29, 0.717) is 6.42 Å². The Hall–Kier alpha value is -1.81. The van der Waals surface area contributed by atoms with Gasteiger partial charge in [-0.05, 0) is 31.7 Å². The molecule has 8 heteroatoms. The topological polar surface area (TPSA) is 104 Å². The van der Waals surface area contributed by atoms with Crippen molar-refractivity contribution in [2.24, 2.45) is 17.8 Å². The summed E-state index contributed by atoms with van der Waals surface area (Å²) < 4.78 is 29.3. The van der Waals surface area contributed by atoms with Gasteiger partial charge in [0.15, 0.2) is 0 Å². The molecule has 8 nitrogen and oxygen atoms in total. The van der Waals surface area contributed by atoms with E-state index in [9.17, 15) is 15.0 Å². The number of carbonyl (C=O) groups excluding carboxylic acids is 1. The molecule has 2 heterocycles. The summed E-state index contributed by atoms with van der Waals surface area (Å²) in [5.74, 6) is -4.38. The van der Waals surface area contributed by atoms with E-state index in [2.05, 4.69) is 0 Å². The molecular formula is C29H44O8. The van der Waals surface area contributed by atoms with Crippen LogP contribution in [-0.4, -0.2) is 73.8 Å². The number of rotatable bonds is 4. The highest BCUT2D eigenvalue weighted by Gasteiger charge is 2.58. The number of esters is 1. The van der Waals surface area contributed by atoms with Crippen LogP contribution in [0.1, 0.15) is 58.1 Å². The van der Waals surface area contributed by atoms with Crippen LogP contribution >= 0.6 is 0 Å². The second-order valence-electron chi connectivity index (χ2n) is 10.4. The summed E-state index contributed by atoms with van der Waals surface area (Å²) >= 11 is 0. The minimum Gasteiger partial charge on any atom is -0.457 e. The SMILES string of the molecule is CO[C@@H]1[C@@H](O)[C@H](C)[C@H]2O[C@]1(O)[C@H](C)C(=O)O[C@H](c1ccccc1)CCCC[C@@H](OC)[C@H](OC)/C=C/[C@@H]2C. The van der Waals surface area contributed by atoms with Crippen LogP contribution in [0.5, 0.6) is 0 Å². The Morgan fingerprint density at radius 3 is 2.24 bits per heavy atom. The number of aliphatic hydroxyl groups excluding tert-OH is 1. The molecule has 1 aromatic carbocycles. The van der Waals surface area contributed by atoms with Crippen LogP contribution in [0.15, 0.2) is 42.5 Å². The van der Waals surface area contributed by atoms with Crippen LogP contribution in [-0.2, 0) is 28.5 Å². The smallest absolute Gasteiger partial charge is 0.314 e. The molecule has 37 heavy (non-hydrogen) atoms. The Kier molecular flexibility index (Phi) is 10.7. The number of carbonyl (C=O) groups is 1. The standard InChI is InChI=1S/C29H44O8/c1-18-16-17-24(34-5)23(33-4)15-11-10-14-22(21-12-8-7-9-13-21)36-28(31)20(3)29(32)27(35-6)25(30)19(2)26(18)37-29/h7-9,12-13,16-20,22-27,30,32H,10-11,14-15H2,1-6H3/b17-16+/t18-,19-,20+,22-,23+,24+,25-,26-,27+,29+/m0/s1. The number of methoxy groups -OCH3 is 3. The number of hydrogen-bond donors (Lipinski definition) is 2. The normalized spacial score (nSPS) is 41.1. The predicted molar refractivity (Wildman–Crippen MR) is 139 cm³/mol. The molecule has 3 rings (SSSR count). The maximum absolute atomic E-state index is 13.5. The van der Waals surface area contributed by atoms with Crippen molar-refractivity contribution < 1.29 is 38.7 Å². The quantitative estimate of drug-likeness (QED) is 0.456. The maximum Gasteiger partial charge on any atom is 0.314 e. The van der Waals surface area contributed by atoms with E-state index < -0.39 is 42.1 Å². The summed E-state index contributed by atoms with van der Waals surface area (Å²) in [4.78, 5) is 13.5. The van der Waals surface area contributed by atoms with Gasteiger partial charge in [-0.25, -0.2) is 0 Å². The van der Waals surface area contributed by atoms with Crippen molar-refractivity contribution >= 4 is 5.97 Å². The first-order chi connectivity index (χ1) is 17.7. The van der Waals surface area contributed by atoms with Crippen molar-refractivity contribution in [3.8, 4) is 0 Å². The molecule has 0 aromatic heterocycles. The van der Waals surface area contributed by atoms with Gasteiger partial charge in [-0.2, -0.15) is 0 Å². The Bertz CT molecular complexity index is 876. The number of benzene rings is 1. The number of ether oxygens (including phenoxy) is 5. The fourth-order valence-corrected chi connectivity index (χ4v) is 5.56. The zero-order chi connectivity index (χ0) is 27.2. The molecule has 0 radical (unpaired) electrons. The van der Waals surface area contributed by atoms with E-state index in [1.807, 2.05) is 56.3 Å². The first-order valence-corrected chi connectivity index (χ1v) is 13.3. The summed E-state index contributed by atoms with van der Waals surface area (Å²) in [7, 11) is 4.72. The molecule has 1 saturated heterocycles. The minimum absolute atomic E-state index is 0.149. The van der Waals surface area contributed by atoms with Gasteiger partial charge in [-0.1, -0.05) is 62.8 Å². The molecule has 2 aliphatic rings. The lowest BCUT2D eigenvalue weighted by Crippen LogP contribution is -2.66. The Morgan fingerprint density at radius 1 is 0.946 bits per heavy atom. The molecule has 0 amide bonds. The Labute approximate surface area is 220 Å². The number of aliphatic hydroxyl groups is 2. The molecule has 2 aliphatic heterocycles. The van der Waals surface area contributed by atoms with Gasteiger partial charge in [0.1, 0.15) is 24.2 Å². The highest BCUT2D eigenvalue weighted by Crippen LogP contribution is 2.42. The molecule has 0 saturated carbocycles. The van der Waals surface area contributed by atoms with Gasteiger partial charge in [0.2, 0.25) is 5.79 Å². The van der Waals surface area contributed by atoms with E-state index in [1.54, 1.807) is 21.1 Å².